The Hall–Kier alpha value is -1.03. The molecular weight excluding hydrogens is 200 g/mol. The van der Waals surface area contributed by atoms with E-state index >= 15 is 0 Å². The number of hydrogen-bond donors (Lipinski definition) is 1. The van der Waals surface area contributed by atoms with Gasteiger partial charge in [0.2, 0.25) is 0 Å². The monoisotopic (exact) mass is 222 g/mol. The summed E-state index contributed by atoms with van der Waals surface area (Å²) in [5.41, 5.74) is 2.42. The molecule has 1 N–H and O–H groups in total. The van der Waals surface area contributed by atoms with Crippen molar-refractivity contribution in [1.29, 1.82) is 0 Å². The molecule has 1 aromatic heterocycles. The van der Waals surface area contributed by atoms with E-state index in [1.54, 1.807) is 0 Å². The summed E-state index contributed by atoms with van der Waals surface area (Å²) in [6, 6.07) is 1.19. The van der Waals surface area contributed by atoms with Crippen molar-refractivity contribution in [2.75, 3.05) is 18.0 Å². The van der Waals surface area contributed by atoms with Crippen LogP contribution in [0.4, 0.5) is 5.69 Å². The maximum atomic E-state index is 4.40. The average Bonchev–Trinajstić information content (AvgIpc) is 2.72. The zero-order chi connectivity index (χ0) is 11.7. The van der Waals surface area contributed by atoms with E-state index in [9.17, 15) is 0 Å². The molecule has 1 unspecified atom stereocenters. The quantitative estimate of drug-likeness (QED) is 0.837. The molecule has 1 aromatic rings. The molecule has 1 aliphatic rings. The normalized spacial score (nSPS) is 21.1. The maximum absolute atomic E-state index is 4.40. The molecule has 0 radical (unpaired) electrons. The minimum absolute atomic E-state index is 0.569. The van der Waals surface area contributed by atoms with E-state index in [0.29, 0.717) is 12.1 Å². The van der Waals surface area contributed by atoms with Gasteiger partial charge in [-0.2, -0.15) is 5.10 Å². The van der Waals surface area contributed by atoms with Crippen molar-refractivity contribution in [2.24, 2.45) is 7.05 Å². The number of nitrogens with zero attached hydrogens (tertiary/aromatic N) is 3. The Morgan fingerprint density at radius 1 is 1.50 bits per heavy atom. The van der Waals surface area contributed by atoms with Crippen LogP contribution in [0, 0.1) is 6.92 Å². The first-order valence-electron chi connectivity index (χ1n) is 6.07. The molecule has 2 heterocycles. The highest BCUT2D eigenvalue weighted by Gasteiger charge is 2.24. The SMILES string of the molecule is Cc1nn(C)cc1N1CCC(NC(C)C)C1. The van der Waals surface area contributed by atoms with Gasteiger partial charge in [0.15, 0.2) is 0 Å². The molecule has 16 heavy (non-hydrogen) atoms. The van der Waals surface area contributed by atoms with E-state index in [4.69, 9.17) is 0 Å². The summed E-state index contributed by atoms with van der Waals surface area (Å²) in [6.45, 7) is 8.73. The lowest BCUT2D eigenvalue weighted by atomic mass is 10.2. The first kappa shape index (κ1) is 11.5. The van der Waals surface area contributed by atoms with E-state index in [0.717, 1.165) is 18.8 Å². The molecule has 0 saturated carbocycles. The molecule has 1 fully saturated rings. The van der Waals surface area contributed by atoms with Gasteiger partial charge in [-0.25, -0.2) is 0 Å². The second-order valence-corrected chi connectivity index (χ2v) is 5.03. The minimum Gasteiger partial charge on any atom is -0.367 e. The summed E-state index contributed by atoms with van der Waals surface area (Å²) in [5.74, 6) is 0. The van der Waals surface area contributed by atoms with Gasteiger partial charge in [-0.15, -0.1) is 0 Å². The molecule has 0 aliphatic carbocycles. The average molecular weight is 222 g/mol. The standard InChI is InChI=1S/C12H22N4/c1-9(2)13-11-5-6-16(7-11)12-8-15(4)14-10(12)3/h8-9,11,13H,5-7H2,1-4H3. The van der Waals surface area contributed by atoms with E-state index in [1.165, 1.54) is 12.1 Å². The predicted octanol–water partition coefficient (Wildman–Crippen LogP) is 1.31. The summed E-state index contributed by atoms with van der Waals surface area (Å²) in [6.07, 6.45) is 3.35. The van der Waals surface area contributed by atoms with Crippen molar-refractivity contribution in [3.63, 3.8) is 0 Å². The number of aromatic nitrogens is 2. The number of anilines is 1. The Kier molecular flexibility index (Phi) is 3.19. The van der Waals surface area contributed by atoms with E-state index in [1.807, 2.05) is 11.7 Å². The van der Waals surface area contributed by atoms with Crippen LogP contribution >= 0.6 is 0 Å². The second kappa shape index (κ2) is 4.45. The lowest BCUT2D eigenvalue weighted by Crippen LogP contribution is -2.37. The lowest BCUT2D eigenvalue weighted by Gasteiger charge is -2.19. The third kappa shape index (κ3) is 2.38. The van der Waals surface area contributed by atoms with Crippen LogP contribution in [-0.2, 0) is 7.05 Å². The van der Waals surface area contributed by atoms with Gasteiger partial charge in [0.1, 0.15) is 0 Å². The van der Waals surface area contributed by atoms with Crippen LogP contribution in [0.2, 0.25) is 0 Å². The molecule has 4 heteroatoms. The highest BCUT2D eigenvalue weighted by atomic mass is 15.3. The fourth-order valence-corrected chi connectivity index (χ4v) is 2.48. The summed E-state index contributed by atoms with van der Waals surface area (Å²) in [4.78, 5) is 2.43. The van der Waals surface area contributed by atoms with Crippen LogP contribution in [0.1, 0.15) is 26.0 Å². The van der Waals surface area contributed by atoms with Crippen molar-refractivity contribution < 1.29 is 0 Å². The Morgan fingerprint density at radius 2 is 2.25 bits per heavy atom. The van der Waals surface area contributed by atoms with E-state index < -0.39 is 0 Å². The van der Waals surface area contributed by atoms with Gasteiger partial charge in [-0.3, -0.25) is 4.68 Å². The molecule has 1 saturated heterocycles. The minimum atomic E-state index is 0.569. The van der Waals surface area contributed by atoms with Crippen LogP contribution in [-0.4, -0.2) is 35.0 Å². The zero-order valence-corrected chi connectivity index (χ0v) is 10.7. The first-order chi connectivity index (χ1) is 7.56. The van der Waals surface area contributed by atoms with Gasteiger partial charge in [-0.05, 0) is 13.3 Å². The molecule has 0 bridgehead atoms. The third-order valence-electron chi connectivity index (χ3n) is 3.09. The third-order valence-corrected chi connectivity index (χ3v) is 3.09. The fraction of sp³-hybridized carbons (Fsp3) is 0.750. The topological polar surface area (TPSA) is 33.1 Å². The smallest absolute Gasteiger partial charge is 0.0827 e. The van der Waals surface area contributed by atoms with E-state index in [-0.39, 0.29) is 0 Å². The van der Waals surface area contributed by atoms with Crippen LogP contribution in [0.5, 0.6) is 0 Å². The van der Waals surface area contributed by atoms with Crippen molar-refractivity contribution in [2.45, 2.75) is 39.3 Å². The molecule has 0 aromatic carbocycles. The summed E-state index contributed by atoms with van der Waals surface area (Å²) < 4.78 is 1.90. The summed E-state index contributed by atoms with van der Waals surface area (Å²) in [7, 11) is 1.98. The molecule has 0 spiro atoms. The fourth-order valence-electron chi connectivity index (χ4n) is 2.48. The number of rotatable bonds is 3. The van der Waals surface area contributed by atoms with Crippen molar-refractivity contribution >= 4 is 5.69 Å². The predicted molar refractivity (Wildman–Crippen MR) is 66.8 cm³/mol. The van der Waals surface area contributed by atoms with Crippen LogP contribution in [0.25, 0.3) is 0 Å². The zero-order valence-electron chi connectivity index (χ0n) is 10.7. The highest BCUT2D eigenvalue weighted by molar-refractivity contribution is 5.49. The largest absolute Gasteiger partial charge is 0.367 e. The van der Waals surface area contributed by atoms with E-state index in [2.05, 4.69) is 42.3 Å². The Labute approximate surface area is 97.6 Å². The molecule has 1 atom stereocenters. The Morgan fingerprint density at radius 3 is 2.81 bits per heavy atom. The van der Waals surface area contributed by atoms with Gasteiger partial charge in [0.25, 0.3) is 0 Å². The van der Waals surface area contributed by atoms with Gasteiger partial charge in [0.05, 0.1) is 11.4 Å². The number of nitrogens with one attached hydrogen (secondary N) is 1. The van der Waals surface area contributed by atoms with Crippen LogP contribution < -0.4 is 10.2 Å². The highest BCUT2D eigenvalue weighted by Crippen LogP contribution is 2.23. The second-order valence-electron chi connectivity index (χ2n) is 5.03. The maximum Gasteiger partial charge on any atom is 0.0827 e. The van der Waals surface area contributed by atoms with Crippen LogP contribution in [0.15, 0.2) is 6.20 Å². The van der Waals surface area contributed by atoms with Crippen molar-refractivity contribution in [3.8, 4) is 0 Å². The molecule has 0 amide bonds. The van der Waals surface area contributed by atoms with Crippen LogP contribution in [0.3, 0.4) is 0 Å². The van der Waals surface area contributed by atoms with Gasteiger partial charge >= 0.3 is 0 Å². The Balaban J connectivity index is 2.00. The first-order valence-corrected chi connectivity index (χ1v) is 6.07. The molecule has 2 rings (SSSR count). The molecule has 4 nitrogen and oxygen atoms in total. The van der Waals surface area contributed by atoms with Gasteiger partial charge in [-0.1, -0.05) is 13.8 Å². The Bertz CT molecular complexity index is 356. The molecular formula is C12H22N4. The molecule has 1 aliphatic heterocycles. The number of aryl methyl sites for hydroxylation is 2. The van der Waals surface area contributed by atoms with Gasteiger partial charge < -0.3 is 10.2 Å². The number of hydrogen-bond acceptors (Lipinski definition) is 3. The lowest BCUT2D eigenvalue weighted by molar-refractivity contribution is 0.492. The molecule has 90 valence electrons. The van der Waals surface area contributed by atoms with Crippen molar-refractivity contribution in [1.82, 2.24) is 15.1 Å². The van der Waals surface area contributed by atoms with Crippen molar-refractivity contribution in [3.05, 3.63) is 11.9 Å². The summed E-state index contributed by atoms with van der Waals surface area (Å²) in [5, 5.41) is 8.00. The van der Waals surface area contributed by atoms with Gasteiger partial charge in [0, 0.05) is 38.4 Å². The summed E-state index contributed by atoms with van der Waals surface area (Å²) >= 11 is 0.